The summed E-state index contributed by atoms with van der Waals surface area (Å²) in [5.74, 6) is 1.74. The first-order chi connectivity index (χ1) is 18.0. The van der Waals surface area contributed by atoms with Crippen LogP contribution in [-0.4, -0.2) is 23.8 Å². The third-order valence-electron chi connectivity index (χ3n) is 8.76. The van der Waals surface area contributed by atoms with Gasteiger partial charge in [0.1, 0.15) is 5.78 Å². The number of Topliss-reactive ketones (excluding diaryl/α,β-unsaturated/α-hetero) is 2. The van der Waals surface area contributed by atoms with Crippen molar-refractivity contribution in [3.63, 3.8) is 0 Å². The molecule has 2 atom stereocenters. The summed E-state index contributed by atoms with van der Waals surface area (Å²) in [7, 11) is 0. The third-order valence-corrected chi connectivity index (χ3v) is 8.76. The second-order valence-corrected chi connectivity index (χ2v) is 11.4. The molecule has 3 nitrogen and oxygen atoms in total. The van der Waals surface area contributed by atoms with Crippen molar-refractivity contribution in [3.05, 3.63) is 94.6 Å². The molecule has 0 amide bonds. The fourth-order valence-corrected chi connectivity index (χ4v) is 6.56. The number of nitrogens with zero attached hydrogens (tertiary/aromatic N) is 1. The van der Waals surface area contributed by atoms with Crippen LogP contribution >= 0.6 is 0 Å². The molecule has 192 valence electrons. The Morgan fingerprint density at radius 2 is 1.95 bits per heavy atom. The van der Waals surface area contributed by atoms with Gasteiger partial charge in [0, 0.05) is 18.6 Å². The standard InChI is InChI=1S/C34H39NO2/c1-23-7-11-27(12-8-23)33-21-31-14-10-25(20-32(31)22-35-33)9-13-30(19-24(2)36)26-15-17-29(18-16-26)34(37)28-5-3-4-6-28/h3-5,7,10-12,14,20,22,26,29-30,33H,1,6,8-9,13,15-19,21H2,2H3. The Morgan fingerprint density at radius 3 is 2.65 bits per heavy atom. The number of allylic oxidation sites excluding steroid dienone is 7. The van der Waals surface area contributed by atoms with Crippen molar-refractivity contribution in [2.45, 2.75) is 77.2 Å². The molecule has 0 spiro atoms. The molecule has 0 aromatic heterocycles. The number of fused-ring (bicyclic) bond motifs is 1. The van der Waals surface area contributed by atoms with Crippen LogP contribution in [-0.2, 0) is 22.4 Å². The molecule has 1 saturated carbocycles. The molecule has 3 heteroatoms. The van der Waals surface area contributed by atoms with Gasteiger partial charge in [-0.15, -0.1) is 0 Å². The smallest absolute Gasteiger partial charge is 0.162 e. The average molecular weight is 494 g/mol. The highest BCUT2D eigenvalue weighted by Gasteiger charge is 2.32. The number of benzene rings is 1. The molecule has 0 bridgehead atoms. The molecule has 1 aromatic rings. The highest BCUT2D eigenvalue weighted by molar-refractivity contribution is 5.98. The largest absolute Gasteiger partial charge is 0.300 e. The molecule has 0 saturated heterocycles. The van der Waals surface area contributed by atoms with Crippen LogP contribution in [0.25, 0.3) is 0 Å². The summed E-state index contributed by atoms with van der Waals surface area (Å²) in [6, 6.07) is 7.04. The van der Waals surface area contributed by atoms with Crippen LogP contribution < -0.4 is 0 Å². The van der Waals surface area contributed by atoms with Crippen molar-refractivity contribution >= 4 is 17.8 Å². The Bertz CT molecular complexity index is 1220. The number of hydrogen-bond donors (Lipinski definition) is 0. The minimum Gasteiger partial charge on any atom is -0.300 e. The van der Waals surface area contributed by atoms with E-state index in [1.165, 1.54) is 22.3 Å². The van der Waals surface area contributed by atoms with Crippen molar-refractivity contribution in [1.82, 2.24) is 0 Å². The van der Waals surface area contributed by atoms with Crippen molar-refractivity contribution < 1.29 is 9.59 Å². The normalized spacial score (nSPS) is 25.4. The van der Waals surface area contributed by atoms with Gasteiger partial charge in [0.05, 0.1) is 6.04 Å². The van der Waals surface area contributed by atoms with E-state index < -0.39 is 0 Å². The molecule has 2 unspecified atom stereocenters. The zero-order valence-corrected chi connectivity index (χ0v) is 22.1. The lowest BCUT2D eigenvalue weighted by Crippen LogP contribution is -2.27. The summed E-state index contributed by atoms with van der Waals surface area (Å²) in [4.78, 5) is 29.8. The van der Waals surface area contributed by atoms with Crippen LogP contribution in [0.1, 0.15) is 75.0 Å². The van der Waals surface area contributed by atoms with Gasteiger partial charge in [0.2, 0.25) is 0 Å². The van der Waals surface area contributed by atoms with Gasteiger partial charge in [-0.3, -0.25) is 9.79 Å². The summed E-state index contributed by atoms with van der Waals surface area (Å²) in [6.07, 6.45) is 24.0. The van der Waals surface area contributed by atoms with Gasteiger partial charge < -0.3 is 4.79 Å². The highest BCUT2D eigenvalue weighted by atomic mass is 16.1. The summed E-state index contributed by atoms with van der Waals surface area (Å²) in [5.41, 5.74) is 7.34. The Hall–Kier alpha value is -3.07. The number of aliphatic imine (C=N–C) groups is 1. The van der Waals surface area contributed by atoms with Crippen LogP contribution in [0.15, 0.2) is 82.9 Å². The van der Waals surface area contributed by atoms with E-state index in [-0.39, 0.29) is 17.7 Å². The monoisotopic (exact) mass is 493 g/mol. The van der Waals surface area contributed by atoms with Crippen molar-refractivity contribution in [2.75, 3.05) is 0 Å². The zero-order chi connectivity index (χ0) is 25.8. The fourth-order valence-electron chi connectivity index (χ4n) is 6.56. The second kappa shape index (κ2) is 11.5. The van der Waals surface area contributed by atoms with E-state index in [9.17, 15) is 9.59 Å². The predicted octanol–water partition coefficient (Wildman–Crippen LogP) is 7.26. The topological polar surface area (TPSA) is 46.5 Å². The lowest BCUT2D eigenvalue weighted by molar-refractivity contribution is -0.121. The van der Waals surface area contributed by atoms with Crippen molar-refractivity contribution in [2.24, 2.45) is 22.7 Å². The molecule has 0 N–H and O–H groups in total. The number of rotatable bonds is 9. The van der Waals surface area contributed by atoms with Gasteiger partial charge in [-0.1, -0.05) is 60.7 Å². The Labute approximate surface area is 221 Å². The average Bonchev–Trinajstić information content (AvgIpc) is 3.46. The van der Waals surface area contributed by atoms with Gasteiger partial charge in [0.15, 0.2) is 5.78 Å². The second-order valence-electron chi connectivity index (χ2n) is 11.4. The molecule has 1 heterocycles. The molecular formula is C34H39NO2. The van der Waals surface area contributed by atoms with Gasteiger partial charge in [0.25, 0.3) is 0 Å². The third kappa shape index (κ3) is 6.26. The highest BCUT2D eigenvalue weighted by Crippen LogP contribution is 2.39. The molecule has 37 heavy (non-hydrogen) atoms. The van der Waals surface area contributed by atoms with E-state index in [0.29, 0.717) is 24.0 Å². The van der Waals surface area contributed by atoms with Crippen LogP contribution in [0.5, 0.6) is 0 Å². The van der Waals surface area contributed by atoms with Gasteiger partial charge in [-0.2, -0.15) is 0 Å². The number of aryl methyl sites for hydroxylation is 1. The summed E-state index contributed by atoms with van der Waals surface area (Å²) in [6.45, 7) is 5.76. The Balaban J connectivity index is 1.18. The summed E-state index contributed by atoms with van der Waals surface area (Å²) >= 11 is 0. The van der Waals surface area contributed by atoms with Crippen LogP contribution in [0.3, 0.4) is 0 Å². The van der Waals surface area contributed by atoms with E-state index in [1.807, 2.05) is 18.4 Å². The predicted molar refractivity (Wildman–Crippen MR) is 152 cm³/mol. The number of hydrogen-bond acceptors (Lipinski definition) is 3. The van der Waals surface area contributed by atoms with E-state index in [4.69, 9.17) is 4.99 Å². The summed E-state index contributed by atoms with van der Waals surface area (Å²) in [5, 5.41) is 0. The Morgan fingerprint density at radius 1 is 1.11 bits per heavy atom. The lowest BCUT2D eigenvalue weighted by Gasteiger charge is -2.33. The SMILES string of the molecule is C=C1C=CC(C2Cc3ccc(CCC(CC(C)=O)C4CCC(C(=O)C5=CC=CC5)CC4)cc3C=N2)=CC1. The zero-order valence-electron chi connectivity index (χ0n) is 22.1. The first-order valence-corrected chi connectivity index (χ1v) is 14.1. The maximum Gasteiger partial charge on any atom is 0.162 e. The van der Waals surface area contributed by atoms with Gasteiger partial charge in [-0.25, -0.2) is 0 Å². The molecule has 1 fully saturated rings. The van der Waals surface area contributed by atoms with Crippen LogP contribution in [0.4, 0.5) is 0 Å². The first kappa shape index (κ1) is 25.6. The molecule has 0 radical (unpaired) electrons. The van der Waals surface area contributed by atoms with Gasteiger partial charge >= 0.3 is 0 Å². The molecular weight excluding hydrogens is 454 g/mol. The quantitative estimate of drug-likeness (QED) is 0.363. The van der Waals surface area contributed by atoms with Gasteiger partial charge in [-0.05, 0) is 110 Å². The molecule has 1 aromatic carbocycles. The maximum atomic E-state index is 12.8. The summed E-state index contributed by atoms with van der Waals surface area (Å²) < 4.78 is 0. The van der Waals surface area contributed by atoms with Crippen LogP contribution in [0, 0.1) is 17.8 Å². The first-order valence-electron chi connectivity index (χ1n) is 14.1. The molecule has 1 aliphatic heterocycles. The molecule has 3 aliphatic carbocycles. The lowest BCUT2D eigenvalue weighted by atomic mass is 9.71. The maximum absolute atomic E-state index is 12.8. The molecule has 5 rings (SSSR count). The molecule has 4 aliphatic rings. The Kier molecular flexibility index (Phi) is 7.98. The fraction of sp³-hybridized carbons (Fsp3) is 0.441. The minimum atomic E-state index is 0.169. The number of carbonyl (C=O) groups excluding carboxylic acids is 2. The van der Waals surface area contributed by atoms with E-state index in [1.54, 1.807) is 6.92 Å². The number of carbonyl (C=O) groups is 2. The number of ketones is 2. The van der Waals surface area contributed by atoms with E-state index in [0.717, 1.165) is 68.9 Å². The van der Waals surface area contributed by atoms with Crippen molar-refractivity contribution in [3.8, 4) is 0 Å². The van der Waals surface area contributed by atoms with E-state index >= 15 is 0 Å². The van der Waals surface area contributed by atoms with E-state index in [2.05, 4.69) is 49.1 Å². The van der Waals surface area contributed by atoms with Crippen molar-refractivity contribution in [1.29, 1.82) is 0 Å². The van der Waals surface area contributed by atoms with Crippen LogP contribution in [0.2, 0.25) is 0 Å². The minimum absolute atomic E-state index is 0.169.